The Labute approximate surface area is 147 Å². The maximum atomic E-state index is 12.3. The molecule has 0 aliphatic carbocycles. The predicted molar refractivity (Wildman–Crippen MR) is 93.1 cm³/mol. The van der Waals surface area contributed by atoms with Crippen molar-refractivity contribution >= 4 is 5.91 Å². The van der Waals surface area contributed by atoms with Gasteiger partial charge in [0, 0.05) is 6.42 Å². The lowest BCUT2D eigenvalue weighted by molar-refractivity contribution is -0.123. The Balaban J connectivity index is 1.60. The van der Waals surface area contributed by atoms with Crippen LogP contribution >= 0.6 is 0 Å². The lowest BCUT2D eigenvalue weighted by Gasteiger charge is -2.32. The summed E-state index contributed by atoms with van der Waals surface area (Å²) in [7, 11) is 0. The number of hydrogen-bond donors (Lipinski definition) is 1. The number of hydrogen-bond acceptors (Lipinski definition) is 4. The van der Waals surface area contributed by atoms with E-state index in [4.69, 9.17) is 14.7 Å². The fourth-order valence-corrected chi connectivity index (χ4v) is 2.82. The normalized spacial score (nSPS) is 19.6. The zero-order valence-corrected chi connectivity index (χ0v) is 13.9. The van der Waals surface area contributed by atoms with Crippen molar-refractivity contribution in [2.45, 2.75) is 25.0 Å². The highest BCUT2D eigenvalue weighted by atomic mass is 16.5. The summed E-state index contributed by atoms with van der Waals surface area (Å²) in [5.74, 6) is 0.642. The van der Waals surface area contributed by atoms with Crippen LogP contribution in [0.4, 0.5) is 0 Å². The molecule has 2 atom stereocenters. The number of benzene rings is 2. The number of nitriles is 1. The molecule has 1 heterocycles. The van der Waals surface area contributed by atoms with Crippen LogP contribution in [0.5, 0.6) is 5.75 Å². The molecule has 2 aromatic carbocycles. The second-order valence-electron chi connectivity index (χ2n) is 5.99. The van der Waals surface area contributed by atoms with Crippen LogP contribution in [-0.2, 0) is 16.0 Å². The number of nitrogens with zero attached hydrogens (tertiary/aromatic N) is 1. The first-order valence-electron chi connectivity index (χ1n) is 8.32. The molecule has 5 heteroatoms. The Morgan fingerprint density at radius 1 is 1.20 bits per heavy atom. The molecule has 0 radical (unpaired) electrons. The number of nitrogens with one attached hydrogen (secondary N) is 1. The maximum Gasteiger partial charge on any atom is 0.224 e. The zero-order valence-electron chi connectivity index (χ0n) is 13.9. The Hall–Kier alpha value is -2.84. The number of carbonyl (C=O) groups is 1. The van der Waals surface area contributed by atoms with E-state index < -0.39 is 0 Å². The largest absolute Gasteiger partial charge is 0.488 e. The van der Waals surface area contributed by atoms with E-state index in [9.17, 15) is 4.79 Å². The van der Waals surface area contributed by atoms with E-state index in [1.54, 1.807) is 24.3 Å². The molecule has 25 heavy (non-hydrogen) atoms. The first kappa shape index (κ1) is 17.0. The van der Waals surface area contributed by atoms with Crippen molar-refractivity contribution in [3.63, 3.8) is 0 Å². The van der Waals surface area contributed by atoms with Crippen LogP contribution < -0.4 is 10.1 Å². The van der Waals surface area contributed by atoms with Crippen molar-refractivity contribution in [1.82, 2.24) is 5.32 Å². The Morgan fingerprint density at radius 2 is 1.96 bits per heavy atom. The molecule has 0 aromatic heterocycles. The molecular weight excluding hydrogens is 316 g/mol. The highest BCUT2D eigenvalue weighted by Crippen LogP contribution is 2.19. The molecule has 0 bridgehead atoms. The fraction of sp³-hybridized carbons (Fsp3) is 0.300. The molecule has 1 N–H and O–H groups in total. The molecule has 1 fully saturated rings. The van der Waals surface area contributed by atoms with Gasteiger partial charge < -0.3 is 14.8 Å². The third-order valence-electron chi connectivity index (χ3n) is 4.12. The summed E-state index contributed by atoms with van der Waals surface area (Å²) in [5, 5.41) is 11.9. The van der Waals surface area contributed by atoms with Crippen LogP contribution in [0.25, 0.3) is 0 Å². The minimum Gasteiger partial charge on any atom is -0.488 e. The molecule has 1 amide bonds. The van der Waals surface area contributed by atoms with Crippen molar-refractivity contribution in [2.24, 2.45) is 0 Å². The van der Waals surface area contributed by atoms with Crippen LogP contribution in [0.1, 0.15) is 17.5 Å². The molecule has 5 nitrogen and oxygen atoms in total. The summed E-state index contributed by atoms with van der Waals surface area (Å²) in [6, 6.07) is 18.5. The number of carbonyl (C=O) groups excluding carboxylic acids is 1. The van der Waals surface area contributed by atoms with E-state index in [2.05, 4.69) is 11.4 Å². The van der Waals surface area contributed by atoms with Crippen LogP contribution in [0.15, 0.2) is 54.6 Å². The summed E-state index contributed by atoms with van der Waals surface area (Å²) >= 11 is 0. The van der Waals surface area contributed by atoms with Gasteiger partial charge in [-0.1, -0.05) is 30.3 Å². The molecule has 1 saturated heterocycles. The van der Waals surface area contributed by atoms with E-state index >= 15 is 0 Å². The van der Waals surface area contributed by atoms with Crippen LogP contribution in [0.3, 0.4) is 0 Å². The molecule has 2 aromatic rings. The van der Waals surface area contributed by atoms with Gasteiger partial charge in [0.05, 0.1) is 37.3 Å². The van der Waals surface area contributed by atoms with Gasteiger partial charge in [-0.25, -0.2) is 0 Å². The van der Waals surface area contributed by atoms with Crippen molar-refractivity contribution in [2.75, 3.05) is 13.2 Å². The predicted octanol–water partition coefficient (Wildman–Crippen LogP) is 2.45. The fourth-order valence-electron chi connectivity index (χ4n) is 2.82. The highest BCUT2D eigenvalue weighted by Gasteiger charge is 2.29. The van der Waals surface area contributed by atoms with Gasteiger partial charge in [-0.05, 0) is 29.8 Å². The Bertz CT molecular complexity index is 738. The van der Waals surface area contributed by atoms with Gasteiger partial charge in [0.2, 0.25) is 5.91 Å². The minimum absolute atomic E-state index is 0.0462. The third kappa shape index (κ3) is 4.82. The van der Waals surface area contributed by atoms with E-state index in [0.29, 0.717) is 37.4 Å². The molecule has 1 aliphatic heterocycles. The monoisotopic (exact) mass is 336 g/mol. The second kappa shape index (κ2) is 8.32. The van der Waals surface area contributed by atoms with E-state index in [1.165, 1.54) is 0 Å². The summed E-state index contributed by atoms with van der Waals surface area (Å²) < 4.78 is 11.5. The minimum atomic E-state index is -0.194. The molecule has 3 rings (SSSR count). The van der Waals surface area contributed by atoms with Crippen molar-refractivity contribution in [3.8, 4) is 11.8 Å². The number of amides is 1. The molecule has 128 valence electrons. The summed E-state index contributed by atoms with van der Waals surface area (Å²) in [6.45, 7) is 1.04. The SMILES string of the molecule is N#Cc1ccc(O[C@@H]2CCOC[C@H]2NC(=O)Cc2ccccc2)cc1. The number of ether oxygens (including phenoxy) is 2. The van der Waals surface area contributed by atoms with Gasteiger partial charge in [0.1, 0.15) is 11.9 Å². The first-order valence-corrected chi connectivity index (χ1v) is 8.32. The smallest absolute Gasteiger partial charge is 0.224 e. The van der Waals surface area contributed by atoms with Crippen LogP contribution in [-0.4, -0.2) is 31.3 Å². The maximum absolute atomic E-state index is 12.3. The average molecular weight is 336 g/mol. The highest BCUT2D eigenvalue weighted by molar-refractivity contribution is 5.78. The third-order valence-corrected chi connectivity index (χ3v) is 4.12. The van der Waals surface area contributed by atoms with E-state index in [0.717, 1.165) is 5.56 Å². The molecule has 0 unspecified atom stereocenters. The van der Waals surface area contributed by atoms with Crippen molar-refractivity contribution in [1.29, 1.82) is 5.26 Å². The van der Waals surface area contributed by atoms with Gasteiger partial charge in [-0.2, -0.15) is 5.26 Å². The van der Waals surface area contributed by atoms with E-state index in [1.807, 2.05) is 30.3 Å². The number of rotatable bonds is 5. The zero-order chi connectivity index (χ0) is 17.5. The molecule has 0 saturated carbocycles. The average Bonchev–Trinajstić information content (AvgIpc) is 2.65. The van der Waals surface area contributed by atoms with Crippen molar-refractivity contribution in [3.05, 3.63) is 65.7 Å². The topological polar surface area (TPSA) is 71.3 Å². The summed E-state index contributed by atoms with van der Waals surface area (Å²) in [5.41, 5.74) is 1.56. The Morgan fingerprint density at radius 3 is 2.68 bits per heavy atom. The Kier molecular flexibility index (Phi) is 5.65. The summed E-state index contributed by atoms with van der Waals surface area (Å²) in [4.78, 5) is 12.3. The van der Waals surface area contributed by atoms with Crippen LogP contribution in [0, 0.1) is 11.3 Å². The standard InChI is InChI=1S/C20H20N2O3/c21-13-16-6-8-17(9-7-16)25-19-10-11-24-14-18(19)22-20(23)12-15-4-2-1-3-5-15/h1-9,18-19H,10-12,14H2,(H,22,23)/t18-,19-/m1/s1. The first-order chi connectivity index (χ1) is 12.2. The van der Waals surface area contributed by atoms with Gasteiger partial charge >= 0.3 is 0 Å². The van der Waals surface area contributed by atoms with E-state index in [-0.39, 0.29) is 18.1 Å². The van der Waals surface area contributed by atoms with Gasteiger partial charge in [0.15, 0.2) is 0 Å². The molecular formula is C20H20N2O3. The molecule has 0 spiro atoms. The van der Waals surface area contributed by atoms with Gasteiger partial charge in [-0.3, -0.25) is 4.79 Å². The van der Waals surface area contributed by atoms with Crippen molar-refractivity contribution < 1.29 is 14.3 Å². The van der Waals surface area contributed by atoms with Gasteiger partial charge in [0.25, 0.3) is 0 Å². The summed E-state index contributed by atoms with van der Waals surface area (Å²) in [6.07, 6.45) is 0.887. The lowest BCUT2D eigenvalue weighted by Crippen LogP contribution is -2.52. The quantitative estimate of drug-likeness (QED) is 0.910. The second-order valence-corrected chi connectivity index (χ2v) is 5.99. The molecule has 1 aliphatic rings. The van der Waals surface area contributed by atoms with Crippen LogP contribution in [0.2, 0.25) is 0 Å². The van der Waals surface area contributed by atoms with Gasteiger partial charge in [-0.15, -0.1) is 0 Å². The lowest BCUT2D eigenvalue weighted by atomic mass is 10.1.